The van der Waals surface area contributed by atoms with Crippen LogP contribution in [0.2, 0.25) is 0 Å². The summed E-state index contributed by atoms with van der Waals surface area (Å²) in [5, 5.41) is 3.59. The zero-order valence-electron chi connectivity index (χ0n) is 13.4. The lowest BCUT2D eigenvalue weighted by atomic mass is 10.0. The van der Waals surface area contributed by atoms with Gasteiger partial charge in [-0.1, -0.05) is 6.42 Å². The molecule has 0 radical (unpaired) electrons. The summed E-state index contributed by atoms with van der Waals surface area (Å²) in [6.45, 7) is 10.1. The first kappa shape index (κ1) is 15.8. The largest absolute Gasteiger partial charge is 0.339 e. The summed E-state index contributed by atoms with van der Waals surface area (Å²) in [6.07, 6.45) is 6.26. The molecule has 1 atom stereocenters. The minimum Gasteiger partial charge on any atom is -0.339 e. The molecule has 1 saturated heterocycles. The maximum atomic E-state index is 12.5. The van der Waals surface area contributed by atoms with Crippen molar-refractivity contribution in [3.8, 4) is 0 Å². The van der Waals surface area contributed by atoms with Crippen LogP contribution in [0.1, 0.15) is 52.9 Å². The van der Waals surface area contributed by atoms with Crippen LogP contribution in [0.4, 0.5) is 0 Å². The maximum absolute atomic E-state index is 12.5. The van der Waals surface area contributed by atoms with Crippen LogP contribution in [0.15, 0.2) is 0 Å². The number of hydrogen-bond donors (Lipinski definition) is 1. The summed E-state index contributed by atoms with van der Waals surface area (Å²) in [7, 11) is 0. The van der Waals surface area contributed by atoms with Crippen molar-refractivity contribution in [3.05, 3.63) is 0 Å². The van der Waals surface area contributed by atoms with Crippen LogP contribution in [-0.4, -0.2) is 60.0 Å². The number of nitrogens with one attached hydrogen (secondary N) is 1. The van der Waals surface area contributed by atoms with Gasteiger partial charge in [-0.05, 0) is 53.0 Å². The highest BCUT2D eigenvalue weighted by Crippen LogP contribution is 2.26. The number of amides is 1. The molecule has 4 heteroatoms. The number of likely N-dealkylation sites (N-methyl/N-ethyl adjacent to an activating group) is 1. The minimum absolute atomic E-state index is 0.319. The van der Waals surface area contributed by atoms with Crippen molar-refractivity contribution < 1.29 is 4.79 Å². The molecule has 4 nitrogen and oxygen atoms in total. The third-order valence-electron chi connectivity index (χ3n) is 4.58. The molecular weight excluding hydrogens is 250 g/mol. The molecule has 1 heterocycles. The average Bonchev–Trinajstić information content (AvgIpc) is 3.24. The third-order valence-corrected chi connectivity index (χ3v) is 4.58. The Hall–Kier alpha value is -0.610. The molecule has 20 heavy (non-hydrogen) atoms. The topological polar surface area (TPSA) is 35.6 Å². The van der Waals surface area contributed by atoms with Crippen LogP contribution in [0.25, 0.3) is 0 Å². The van der Waals surface area contributed by atoms with Gasteiger partial charge in [0, 0.05) is 31.2 Å². The number of piperidine rings is 1. The van der Waals surface area contributed by atoms with Crippen LogP contribution in [0, 0.1) is 0 Å². The van der Waals surface area contributed by atoms with Crippen LogP contribution in [0.5, 0.6) is 0 Å². The first-order valence-electron chi connectivity index (χ1n) is 8.38. The Morgan fingerprint density at radius 2 is 2.00 bits per heavy atom. The van der Waals surface area contributed by atoms with E-state index in [0.29, 0.717) is 30.6 Å². The highest BCUT2D eigenvalue weighted by atomic mass is 16.2. The third kappa shape index (κ3) is 4.45. The summed E-state index contributed by atoms with van der Waals surface area (Å²) in [5.74, 6) is 0.319. The van der Waals surface area contributed by atoms with Gasteiger partial charge in [-0.2, -0.15) is 0 Å². The Morgan fingerprint density at radius 3 is 2.50 bits per heavy atom. The lowest BCUT2D eigenvalue weighted by Crippen LogP contribution is -2.50. The summed E-state index contributed by atoms with van der Waals surface area (Å²) < 4.78 is 0. The molecule has 1 N–H and O–H groups in total. The van der Waals surface area contributed by atoms with E-state index >= 15 is 0 Å². The Labute approximate surface area is 123 Å². The van der Waals surface area contributed by atoms with Gasteiger partial charge in [-0.15, -0.1) is 0 Å². The number of carbonyl (C=O) groups is 1. The van der Waals surface area contributed by atoms with Crippen LogP contribution < -0.4 is 5.32 Å². The van der Waals surface area contributed by atoms with Crippen molar-refractivity contribution in [1.82, 2.24) is 15.1 Å². The van der Waals surface area contributed by atoms with E-state index in [1.165, 1.54) is 32.1 Å². The van der Waals surface area contributed by atoms with E-state index < -0.39 is 0 Å². The number of carbonyl (C=O) groups excluding carboxylic acids is 1. The van der Waals surface area contributed by atoms with E-state index in [4.69, 9.17) is 0 Å². The van der Waals surface area contributed by atoms with Gasteiger partial charge in [0.1, 0.15) is 0 Å². The molecule has 0 aromatic heterocycles. The van der Waals surface area contributed by atoms with Crippen LogP contribution in [-0.2, 0) is 4.79 Å². The molecule has 0 spiro atoms. The molecule has 1 unspecified atom stereocenters. The van der Waals surface area contributed by atoms with Gasteiger partial charge in [0.15, 0.2) is 0 Å². The fourth-order valence-electron chi connectivity index (χ4n) is 3.11. The second-order valence-corrected chi connectivity index (χ2v) is 6.58. The SMILES string of the molecule is CCN(C(=O)CN(CC1CCCCN1)C(C)C)C1CC1. The summed E-state index contributed by atoms with van der Waals surface area (Å²) in [4.78, 5) is 16.9. The Kier molecular flexibility index (Phi) is 5.85. The van der Waals surface area contributed by atoms with E-state index in [-0.39, 0.29) is 0 Å². The molecular formula is C16H31N3O. The van der Waals surface area contributed by atoms with Crippen molar-refractivity contribution in [3.63, 3.8) is 0 Å². The molecule has 1 aliphatic heterocycles. The van der Waals surface area contributed by atoms with Crippen LogP contribution >= 0.6 is 0 Å². The second-order valence-electron chi connectivity index (χ2n) is 6.58. The summed E-state index contributed by atoms with van der Waals surface area (Å²) >= 11 is 0. The van der Waals surface area contributed by atoms with Crippen molar-refractivity contribution in [2.75, 3.05) is 26.2 Å². The zero-order valence-corrected chi connectivity index (χ0v) is 13.4. The van der Waals surface area contributed by atoms with Gasteiger partial charge in [0.2, 0.25) is 5.91 Å². The van der Waals surface area contributed by atoms with Gasteiger partial charge < -0.3 is 10.2 Å². The van der Waals surface area contributed by atoms with E-state index in [0.717, 1.165) is 19.6 Å². The molecule has 0 aromatic rings. The molecule has 2 fully saturated rings. The standard InChI is InChI=1S/C16H31N3O/c1-4-19(15-8-9-15)16(20)12-18(13(2)3)11-14-7-5-6-10-17-14/h13-15,17H,4-12H2,1-3H3. The Balaban J connectivity index is 1.85. The molecule has 116 valence electrons. The second kappa shape index (κ2) is 7.41. The van der Waals surface area contributed by atoms with Crippen molar-refractivity contribution in [2.24, 2.45) is 0 Å². The summed E-state index contributed by atoms with van der Waals surface area (Å²) in [6, 6.07) is 1.53. The predicted octanol–water partition coefficient (Wildman–Crippen LogP) is 1.85. The molecule has 1 aliphatic carbocycles. The van der Waals surface area contributed by atoms with Gasteiger partial charge in [-0.3, -0.25) is 9.69 Å². The smallest absolute Gasteiger partial charge is 0.236 e. The monoisotopic (exact) mass is 281 g/mol. The predicted molar refractivity (Wildman–Crippen MR) is 82.8 cm³/mol. The lowest BCUT2D eigenvalue weighted by molar-refractivity contribution is -0.133. The minimum atomic E-state index is 0.319. The van der Waals surface area contributed by atoms with E-state index in [1.807, 2.05) is 0 Å². The number of rotatable bonds is 7. The molecule has 0 aromatic carbocycles. The first-order valence-corrected chi connectivity index (χ1v) is 8.38. The highest BCUT2D eigenvalue weighted by Gasteiger charge is 2.32. The van der Waals surface area contributed by atoms with E-state index in [1.54, 1.807) is 0 Å². The van der Waals surface area contributed by atoms with E-state index in [2.05, 4.69) is 35.9 Å². The highest BCUT2D eigenvalue weighted by molar-refractivity contribution is 5.79. The maximum Gasteiger partial charge on any atom is 0.236 e. The molecule has 2 aliphatic rings. The molecule has 2 rings (SSSR count). The van der Waals surface area contributed by atoms with Crippen molar-refractivity contribution in [2.45, 2.75) is 71.0 Å². The molecule has 1 amide bonds. The van der Waals surface area contributed by atoms with Crippen molar-refractivity contribution in [1.29, 1.82) is 0 Å². The fourth-order valence-corrected chi connectivity index (χ4v) is 3.11. The van der Waals surface area contributed by atoms with Crippen LogP contribution in [0.3, 0.4) is 0 Å². The average molecular weight is 281 g/mol. The number of nitrogens with zero attached hydrogens (tertiary/aromatic N) is 2. The Morgan fingerprint density at radius 1 is 1.25 bits per heavy atom. The van der Waals surface area contributed by atoms with Gasteiger partial charge >= 0.3 is 0 Å². The molecule has 1 saturated carbocycles. The van der Waals surface area contributed by atoms with Gasteiger partial charge in [0.25, 0.3) is 0 Å². The summed E-state index contributed by atoms with van der Waals surface area (Å²) in [5.41, 5.74) is 0. The Bertz CT molecular complexity index is 309. The molecule has 0 bridgehead atoms. The van der Waals surface area contributed by atoms with Gasteiger partial charge in [0.05, 0.1) is 6.54 Å². The first-order chi connectivity index (χ1) is 9.61. The van der Waals surface area contributed by atoms with Gasteiger partial charge in [-0.25, -0.2) is 0 Å². The van der Waals surface area contributed by atoms with E-state index in [9.17, 15) is 4.79 Å². The lowest BCUT2D eigenvalue weighted by Gasteiger charge is -2.34. The quantitative estimate of drug-likeness (QED) is 0.773. The fraction of sp³-hybridized carbons (Fsp3) is 0.938. The number of hydrogen-bond acceptors (Lipinski definition) is 3. The van der Waals surface area contributed by atoms with Crippen molar-refractivity contribution >= 4 is 5.91 Å². The normalized spacial score (nSPS) is 23.4. The zero-order chi connectivity index (χ0) is 14.5.